The van der Waals surface area contributed by atoms with Crippen LogP contribution in [0.5, 0.6) is 0 Å². The lowest BCUT2D eigenvalue weighted by Gasteiger charge is -2.14. The number of nitrogens with zero attached hydrogens (tertiary/aromatic N) is 1. The standard InChI is InChI=1S/C37H32N/c1-26-21-27(2)33-19-20-34(37(33)28(3)22-26)36-24-32(30-15-9-5-10-16-30)23-35(31-17-11-6-12-18-31)38(36)25-29-13-7-4-8-14-29/h4-24H,25H2,1-3H3/q+1. The molecule has 0 bridgehead atoms. The fraction of sp³-hybridized carbons (Fsp3) is 0.108. The number of aromatic nitrogens is 1. The van der Waals surface area contributed by atoms with Crippen molar-refractivity contribution in [3.63, 3.8) is 0 Å². The monoisotopic (exact) mass is 490 g/mol. The first-order valence-electron chi connectivity index (χ1n) is 13.3. The molecule has 3 aromatic carbocycles. The highest BCUT2D eigenvalue weighted by Crippen LogP contribution is 2.40. The van der Waals surface area contributed by atoms with E-state index in [0.29, 0.717) is 0 Å². The molecule has 0 saturated carbocycles. The molecule has 1 aromatic heterocycles. The van der Waals surface area contributed by atoms with Crippen molar-refractivity contribution in [3.8, 4) is 44.8 Å². The highest BCUT2D eigenvalue weighted by atomic mass is 15.0. The van der Waals surface area contributed by atoms with Gasteiger partial charge in [-0.25, -0.2) is 0 Å². The second kappa shape index (κ2) is 10.1. The van der Waals surface area contributed by atoms with Crippen LogP contribution in [0, 0.1) is 20.8 Å². The first kappa shape index (κ1) is 23.9. The summed E-state index contributed by atoms with van der Waals surface area (Å²) in [6.07, 6.45) is 0. The summed E-state index contributed by atoms with van der Waals surface area (Å²) in [7, 11) is 0. The molecule has 6 rings (SSSR count). The maximum Gasteiger partial charge on any atom is 0.214 e. The number of benzene rings is 3. The van der Waals surface area contributed by atoms with Gasteiger partial charge in [-0.15, -0.1) is 0 Å². The van der Waals surface area contributed by atoms with E-state index in [9.17, 15) is 0 Å². The summed E-state index contributed by atoms with van der Waals surface area (Å²) in [5, 5.41) is 0. The molecule has 0 atom stereocenters. The molecule has 0 spiro atoms. The van der Waals surface area contributed by atoms with Crippen LogP contribution in [0.1, 0.15) is 22.3 Å². The maximum atomic E-state index is 2.50. The van der Waals surface area contributed by atoms with Crippen LogP contribution in [-0.2, 0) is 6.54 Å². The van der Waals surface area contributed by atoms with Gasteiger partial charge >= 0.3 is 0 Å². The van der Waals surface area contributed by atoms with Crippen molar-refractivity contribution < 1.29 is 4.57 Å². The fourth-order valence-corrected chi connectivity index (χ4v) is 5.75. The van der Waals surface area contributed by atoms with Gasteiger partial charge < -0.3 is 0 Å². The van der Waals surface area contributed by atoms with E-state index in [-0.39, 0.29) is 0 Å². The molecule has 0 amide bonds. The van der Waals surface area contributed by atoms with E-state index in [2.05, 4.69) is 153 Å². The van der Waals surface area contributed by atoms with Gasteiger partial charge in [0.2, 0.25) is 11.4 Å². The molecule has 184 valence electrons. The highest BCUT2D eigenvalue weighted by molar-refractivity contribution is 5.89. The Kier molecular flexibility index (Phi) is 6.35. The fourth-order valence-electron chi connectivity index (χ4n) is 5.75. The lowest BCUT2D eigenvalue weighted by molar-refractivity contribution is -0.666. The van der Waals surface area contributed by atoms with Gasteiger partial charge in [0, 0.05) is 23.3 Å². The lowest BCUT2D eigenvalue weighted by Crippen LogP contribution is -2.39. The van der Waals surface area contributed by atoms with E-state index in [1.54, 1.807) is 0 Å². The van der Waals surface area contributed by atoms with Gasteiger partial charge in [-0.2, -0.15) is 4.57 Å². The second-order valence-electron chi connectivity index (χ2n) is 10.3. The molecule has 0 N–H and O–H groups in total. The van der Waals surface area contributed by atoms with E-state index in [1.165, 1.54) is 67.0 Å². The van der Waals surface area contributed by atoms with Crippen LogP contribution in [0.3, 0.4) is 0 Å². The minimum atomic E-state index is 0.790. The second-order valence-corrected chi connectivity index (χ2v) is 10.3. The van der Waals surface area contributed by atoms with Crippen LogP contribution in [0.25, 0.3) is 44.8 Å². The molecular weight excluding hydrogens is 458 g/mol. The van der Waals surface area contributed by atoms with Crippen LogP contribution < -0.4 is 4.57 Å². The molecule has 2 aliphatic carbocycles. The zero-order valence-electron chi connectivity index (χ0n) is 22.3. The third-order valence-corrected chi connectivity index (χ3v) is 7.47. The summed E-state index contributed by atoms with van der Waals surface area (Å²) in [5.41, 5.74) is 15.3. The SMILES string of the molecule is Cc1cc(C)c2ccc(-c3cc(-c4ccccc4)cc(-c4ccccc4)[n+]3Cc3ccccc3)c-2c(C)c1. The Morgan fingerprint density at radius 2 is 1.03 bits per heavy atom. The molecule has 0 fully saturated rings. The van der Waals surface area contributed by atoms with Crippen molar-refractivity contribution in [2.75, 3.05) is 0 Å². The van der Waals surface area contributed by atoms with Gasteiger partial charge in [-0.05, 0) is 72.4 Å². The number of aryl methyl sites for hydroxylation is 3. The zero-order valence-corrected chi connectivity index (χ0v) is 22.3. The predicted molar refractivity (Wildman–Crippen MR) is 159 cm³/mol. The minimum absolute atomic E-state index is 0.790. The number of hydrogen-bond acceptors (Lipinski definition) is 0. The Hall–Kier alpha value is -4.49. The largest absolute Gasteiger partial charge is 0.214 e. The van der Waals surface area contributed by atoms with Gasteiger partial charge in [-0.1, -0.05) is 103 Å². The van der Waals surface area contributed by atoms with Crippen LogP contribution in [0.4, 0.5) is 0 Å². The Labute approximate surface area is 226 Å². The summed E-state index contributed by atoms with van der Waals surface area (Å²) < 4.78 is 2.50. The van der Waals surface area contributed by atoms with Gasteiger partial charge in [0.25, 0.3) is 0 Å². The molecule has 0 unspecified atom stereocenters. The zero-order chi connectivity index (χ0) is 26.1. The molecule has 38 heavy (non-hydrogen) atoms. The Bertz CT molecular complexity index is 1680. The van der Waals surface area contributed by atoms with Crippen LogP contribution in [-0.4, -0.2) is 0 Å². The van der Waals surface area contributed by atoms with E-state index in [4.69, 9.17) is 0 Å². The third kappa shape index (κ3) is 4.53. The third-order valence-electron chi connectivity index (χ3n) is 7.47. The van der Waals surface area contributed by atoms with Crippen molar-refractivity contribution in [2.24, 2.45) is 0 Å². The smallest absolute Gasteiger partial charge is 0.187 e. The van der Waals surface area contributed by atoms with Crippen molar-refractivity contribution >= 4 is 0 Å². The van der Waals surface area contributed by atoms with Crippen LogP contribution in [0.2, 0.25) is 0 Å². The van der Waals surface area contributed by atoms with Crippen LogP contribution in [0.15, 0.2) is 127 Å². The van der Waals surface area contributed by atoms with E-state index < -0.39 is 0 Å². The van der Waals surface area contributed by atoms with Gasteiger partial charge in [0.15, 0.2) is 6.54 Å². The van der Waals surface area contributed by atoms with E-state index in [0.717, 1.165) is 6.54 Å². The summed E-state index contributed by atoms with van der Waals surface area (Å²) in [6.45, 7) is 7.46. The molecule has 1 nitrogen and oxygen atoms in total. The molecule has 1 heterocycles. The Morgan fingerprint density at radius 3 is 1.71 bits per heavy atom. The minimum Gasteiger partial charge on any atom is -0.187 e. The van der Waals surface area contributed by atoms with E-state index in [1.807, 2.05) is 0 Å². The molecular formula is C37H32N+. The average molecular weight is 491 g/mol. The molecule has 1 heteroatoms. The van der Waals surface area contributed by atoms with Gasteiger partial charge in [-0.3, -0.25) is 0 Å². The summed E-state index contributed by atoms with van der Waals surface area (Å²) in [6, 6.07) is 46.3. The van der Waals surface area contributed by atoms with Crippen molar-refractivity contribution in [1.82, 2.24) is 0 Å². The number of hydrogen-bond donors (Lipinski definition) is 0. The molecule has 0 saturated heterocycles. The van der Waals surface area contributed by atoms with Crippen LogP contribution >= 0.6 is 0 Å². The molecule has 0 radical (unpaired) electrons. The summed E-state index contributed by atoms with van der Waals surface area (Å²) >= 11 is 0. The molecule has 4 aromatic rings. The molecule has 2 aliphatic rings. The summed E-state index contributed by atoms with van der Waals surface area (Å²) in [4.78, 5) is 0. The van der Waals surface area contributed by atoms with Crippen molar-refractivity contribution in [3.05, 3.63) is 150 Å². The lowest BCUT2D eigenvalue weighted by atomic mass is 9.95. The van der Waals surface area contributed by atoms with Gasteiger partial charge in [0.1, 0.15) is 0 Å². The normalized spacial score (nSPS) is 11.1. The summed E-state index contributed by atoms with van der Waals surface area (Å²) in [5.74, 6) is 0. The average Bonchev–Trinajstić information content (AvgIpc) is 3.36. The predicted octanol–water partition coefficient (Wildman–Crippen LogP) is 9.05. The van der Waals surface area contributed by atoms with Crippen molar-refractivity contribution in [2.45, 2.75) is 27.3 Å². The first-order chi connectivity index (χ1) is 18.6. The quantitative estimate of drug-likeness (QED) is 0.212. The Morgan fingerprint density at radius 1 is 0.474 bits per heavy atom. The van der Waals surface area contributed by atoms with E-state index >= 15 is 0 Å². The highest BCUT2D eigenvalue weighted by Gasteiger charge is 2.27. The van der Waals surface area contributed by atoms with Crippen molar-refractivity contribution in [1.29, 1.82) is 0 Å². The van der Waals surface area contributed by atoms with Gasteiger partial charge in [0.05, 0.1) is 5.56 Å². The topological polar surface area (TPSA) is 3.88 Å². The maximum absolute atomic E-state index is 2.50. The molecule has 0 aliphatic heterocycles. The Balaban J connectivity index is 1.70. The number of pyridine rings is 1. The first-order valence-corrected chi connectivity index (χ1v) is 13.3. The number of fused-ring (bicyclic) bond motifs is 1. The number of rotatable bonds is 5.